The van der Waals surface area contributed by atoms with Crippen molar-refractivity contribution in [1.82, 2.24) is 9.88 Å². The molecule has 1 heterocycles. The van der Waals surface area contributed by atoms with E-state index in [4.69, 9.17) is 0 Å². The zero-order valence-electron chi connectivity index (χ0n) is 11.4. The predicted octanol–water partition coefficient (Wildman–Crippen LogP) is 2.42. The number of hydrogen-bond acceptors (Lipinski definition) is 2. The molecule has 1 amide bonds. The average Bonchev–Trinajstić information content (AvgIpc) is 2.34. The highest BCUT2D eigenvalue weighted by Gasteiger charge is 2.20. The monoisotopic (exact) mass is 250 g/mol. The largest absolute Gasteiger partial charge is 0.367 e. The molecule has 1 rings (SSSR count). The first-order valence-corrected chi connectivity index (χ1v) is 6.56. The molecule has 1 N–H and O–H groups in total. The maximum atomic E-state index is 12.3. The summed E-state index contributed by atoms with van der Waals surface area (Å²) in [6.07, 6.45) is 6.22. The van der Waals surface area contributed by atoms with Crippen LogP contribution in [0.5, 0.6) is 0 Å². The van der Waals surface area contributed by atoms with E-state index in [0.717, 1.165) is 19.3 Å². The molecule has 0 bridgehead atoms. The number of amides is 1. The minimum Gasteiger partial charge on any atom is -0.367 e. The molecule has 0 unspecified atom stereocenters. The molecule has 0 aliphatic heterocycles. The number of aromatic amines is 1. The summed E-state index contributed by atoms with van der Waals surface area (Å²) in [5.74, 6) is -0.178. The molecule has 0 saturated carbocycles. The van der Waals surface area contributed by atoms with Gasteiger partial charge in [0, 0.05) is 31.0 Å². The maximum Gasteiger partial charge on any atom is 0.259 e. The first kappa shape index (κ1) is 14.5. The molecule has 1 aromatic rings. The summed E-state index contributed by atoms with van der Waals surface area (Å²) in [5, 5.41) is 0. The lowest BCUT2D eigenvalue weighted by atomic mass is 10.1. The second-order valence-corrected chi connectivity index (χ2v) is 4.72. The van der Waals surface area contributed by atoms with Crippen LogP contribution in [0, 0.1) is 0 Å². The zero-order valence-corrected chi connectivity index (χ0v) is 11.4. The van der Waals surface area contributed by atoms with Crippen molar-refractivity contribution in [2.24, 2.45) is 0 Å². The Morgan fingerprint density at radius 1 is 1.39 bits per heavy atom. The predicted molar refractivity (Wildman–Crippen MR) is 72.8 cm³/mol. The normalized spacial score (nSPS) is 10.7. The summed E-state index contributed by atoms with van der Waals surface area (Å²) < 4.78 is 0. The molecule has 0 atom stereocenters. The van der Waals surface area contributed by atoms with Crippen LogP contribution in [0.25, 0.3) is 0 Å². The number of hydrogen-bond donors (Lipinski definition) is 1. The third kappa shape index (κ3) is 3.72. The van der Waals surface area contributed by atoms with E-state index >= 15 is 0 Å². The Morgan fingerprint density at radius 2 is 2.11 bits per heavy atom. The first-order valence-electron chi connectivity index (χ1n) is 6.56. The van der Waals surface area contributed by atoms with Crippen molar-refractivity contribution in [2.45, 2.75) is 46.1 Å². The van der Waals surface area contributed by atoms with Gasteiger partial charge < -0.3 is 9.88 Å². The van der Waals surface area contributed by atoms with Gasteiger partial charge >= 0.3 is 0 Å². The van der Waals surface area contributed by atoms with Gasteiger partial charge in [0.05, 0.1) is 0 Å². The van der Waals surface area contributed by atoms with Crippen LogP contribution >= 0.6 is 0 Å². The summed E-state index contributed by atoms with van der Waals surface area (Å²) in [6.45, 7) is 6.78. The van der Waals surface area contributed by atoms with Crippen molar-refractivity contribution in [3.8, 4) is 0 Å². The van der Waals surface area contributed by atoms with Gasteiger partial charge in [0.2, 0.25) is 0 Å². The fourth-order valence-electron chi connectivity index (χ4n) is 1.86. The van der Waals surface area contributed by atoms with Gasteiger partial charge in [-0.25, -0.2) is 0 Å². The van der Waals surface area contributed by atoms with E-state index in [1.807, 2.05) is 13.8 Å². The van der Waals surface area contributed by atoms with E-state index in [1.165, 1.54) is 18.5 Å². The Hall–Kier alpha value is -1.58. The van der Waals surface area contributed by atoms with E-state index in [-0.39, 0.29) is 22.9 Å². The van der Waals surface area contributed by atoms with Crippen LogP contribution < -0.4 is 5.43 Å². The van der Waals surface area contributed by atoms with Gasteiger partial charge in [-0.1, -0.05) is 19.8 Å². The molecule has 0 saturated heterocycles. The van der Waals surface area contributed by atoms with Crippen molar-refractivity contribution in [3.63, 3.8) is 0 Å². The quantitative estimate of drug-likeness (QED) is 0.788. The van der Waals surface area contributed by atoms with E-state index < -0.39 is 0 Å². The molecule has 4 nitrogen and oxygen atoms in total. The molecule has 0 radical (unpaired) electrons. The molecule has 1 aromatic heterocycles. The number of carbonyl (C=O) groups is 1. The lowest BCUT2D eigenvalue weighted by Crippen LogP contribution is -2.39. The Bertz CT molecular complexity index is 437. The number of unbranched alkanes of at least 4 members (excludes halogenated alkanes) is 2. The molecular formula is C14H22N2O2. The molecule has 0 fully saturated rings. The number of pyridine rings is 1. The molecule has 0 spiro atoms. The second kappa shape index (κ2) is 6.99. The van der Waals surface area contributed by atoms with Crippen LogP contribution in [-0.4, -0.2) is 28.4 Å². The molecule has 0 aliphatic rings. The van der Waals surface area contributed by atoms with Crippen LogP contribution in [0.1, 0.15) is 50.4 Å². The van der Waals surface area contributed by atoms with Gasteiger partial charge in [-0.2, -0.15) is 0 Å². The van der Waals surface area contributed by atoms with Crippen molar-refractivity contribution in [2.75, 3.05) is 6.54 Å². The van der Waals surface area contributed by atoms with E-state index in [0.29, 0.717) is 6.54 Å². The summed E-state index contributed by atoms with van der Waals surface area (Å²) in [6, 6.07) is 1.49. The topological polar surface area (TPSA) is 53.2 Å². The zero-order chi connectivity index (χ0) is 13.5. The first-order chi connectivity index (χ1) is 8.57. The molecule has 100 valence electrons. The number of rotatable bonds is 6. The highest BCUT2D eigenvalue weighted by molar-refractivity contribution is 5.93. The minimum atomic E-state index is -0.222. The number of nitrogens with one attached hydrogen (secondary N) is 1. The van der Waals surface area contributed by atoms with Crippen LogP contribution in [-0.2, 0) is 0 Å². The van der Waals surface area contributed by atoms with Gasteiger partial charge in [-0.15, -0.1) is 0 Å². The molecule has 18 heavy (non-hydrogen) atoms. The van der Waals surface area contributed by atoms with Crippen molar-refractivity contribution in [3.05, 3.63) is 34.2 Å². The summed E-state index contributed by atoms with van der Waals surface area (Å²) in [4.78, 5) is 28.5. The SMILES string of the molecule is CCCCCN(C(=O)c1c[nH]ccc1=O)C(C)C. The highest BCUT2D eigenvalue weighted by Crippen LogP contribution is 2.07. The summed E-state index contributed by atoms with van der Waals surface area (Å²) in [7, 11) is 0. The number of aromatic nitrogens is 1. The minimum absolute atomic E-state index is 0.106. The van der Waals surface area contributed by atoms with Gasteiger partial charge in [-0.05, 0) is 20.3 Å². The summed E-state index contributed by atoms with van der Waals surface area (Å²) >= 11 is 0. The second-order valence-electron chi connectivity index (χ2n) is 4.72. The molecular weight excluding hydrogens is 228 g/mol. The smallest absolute Gasteiger partial charge is 0.259 e. The van der Waals surface area contributed by atoms with Gasteiger partial charge in [0.25, 0.3) is 5.91 Å². The molecule has 4 heteroatoms. The molecule has 0 aliphatic carbocycles. The molecule has 0 aromatic carbocycles. The lowest BCUT2D eigenvalue weighted by Gasteiger charge is -2.26. The van der Waals surface area contributed by atoms with Crippen molar-refractivity contribution in [1.29, 1.82) is 0 Å². The fourth-order valence-corrected chi connectivity index (χ4v) is 1.86. The van der Waals surface area contributed by atoms with E-state index in [1.54, 1.807) is 4.90 Å². The Labute approximate surface area is 108 Å². The average molecular weight is 250 g/mol. The number of carbonyl (C=O) groups excluding carboxylic acids is 1. The third-order valence-corrected chi connectivity index (χ3v) is 2.94. The van der Waals surface area contributed by atoms with Crippen LogP contribution in [0.15, 0.2) is 23.3 Å². The Kier molecular flexibility index (Phi) is 5.62. The lowest BCUT2D eigenvalue weighted by molar-refractivity contribution is 0.0700. The van der Waals surface area contributed by atoms with Gasteiger partial charge in [-0.3, -0.25) is 9.59 Å². The third-order valence-electron chi connectivity index (χ3n) is 2.94. The Balaban J connectivity index is 2.83. The Morgan fingerprint density at radius 3 is 2.67 bits per heavy atom. The van der Waals surface area contributed by atoms with Gasteiger partial charge in [0.1, 0.15) is 5.56 Å². The highest BCUT2D eigenvalue weighted by atomic mass is 16.2. The van der Waals surface area contributed by atoms with Gasteiger partial charge in [0.15, 0.2) is 5.43 Å². The van der Waals surface area contributed by atoms with Crippen LogP contribution in [0.4, 0.5) is 0 Å². The standard InChI is InChI=1S/C14H22N2O2/c1-4-5-6-9-16(11(2)3)14(18)12-10-15-8-7-13(12)17/h7-8,10-11H,4-6,9H2,1-3H3,(H,15,17). The van der Waals surface area contributed by atoms with E-state index in [9.17, 15) is 9.59 Å². The van der Waals surface area contributed by atoms with Crippen molar-refractivity contribution >= 4 is 5.91 Å². The maximum absolute atomic E-state index is 12.3. The number of H-pyrrole nitrogens is 1. The fraction of sp³-hybridized carbons (Fsp3) is 0.571. The van der Waals surface area contributed by atoms with Crippen molar-refractivity contribution < 1.29 is 4.79 Å². The summed E-state index contributed by atoms with van der Waals surface area (Å²) in [5.41, 5.74) is 0.00240. The number of nitrogens with zero attached hydrogens (tertiary/aromatic N) is 1. The van der Waals surface area contributed by atoms with E-state index in [2.05, 4.69) is 11.9 Å². The van der Waals surface area contributed by atoms with Crippen LogP contribution in [0.2, 0.25) is 0 Å². The van der Waals surface area contributed by atoms with Crippen LogP contribution in [0.3, 0.4) is 0 Å².